The lowest BCUT2D eigenvalue weighted by atomic mass is 9.89. The predicted octanol–water partition coefficient (Wildman–Crippen LogP) is 4.78. The molecule has 0 radical (unpaired) electrons. The monoisotopic (exact) mass is 269 g/mol. The highest BCUT2D eigenvalue weighted by Crippen LogP contribution is 2.26. The summed E-state index contributed by atoms with van der Waals surface area (Å²) in [6.07, 6.45) is 2.64. The van der Waals surface area contributed by atoms with E-state index in [-0.39, 0.29) is 11.2 Å². The molecule has 0 saturated heterocycles. The molecule has 0 unspecified atom stereocenters. The van der Waals surface area contributed by atoms with Crippen LogP contribution in [0.1, 0.15) is 33.1 Å². The fraction of sp³-hybridized carbons (Fsp3) is 0.500. The highest BCUT2D eigenvalue weighted by Gasteiger charge is 2.15. The van der Waals surface area contributed by atoms with Gasteiger partial charge in [0.2, 0.25) is 0 Å². The third-order valence-corrected chi connectivity index (χ3v) is 3.77. The lowest BCUT2D eigenvalue weighted by Crippen LogP contribution is -2.07. The average Bonchev–Trinajstić information content (AvgIpc) is 2.33. The third-order valence-electron chi connectivity index (χ3n) is 2.65. The number of nitriles is 1. The van der Waals surface area contributed by atoms with E-state index in [0.29, 0.717) is 4.90 Å². The van der Waals surface area contributed by atoms with Crippen LogP contribution in [0, 0.1) is 28.4 Å². The van der Waals surface area contributed by atoms with Gasteiger partial charge in [0.1, 0.15) is 11.6 Å². The quantitative estimate of drug-likeness (QED) is 0.548. The summed E-state index contributed by atoms with van der Waals surface area (Å²) in [5, 5.41) is 8.85. The minimum Gasteiger partial charge on any atom is -0.207 e. The first-order chi connectivity index (χ1) is 8.44. The molecule has 0 fully saturated rings. The molecule has 0 amide bonds. The topological polar surface area (TPSA) is 23.8 Å². The summed E-state index contributed by atoms with van der Waals surface area (Å²) in [5.74, 6) is -0.0507. The lowest BCUT2D eigenvalue weighted by Gasteiger charge is -2.14. The van der Waals surface area contributed by atoms with Crippen molar-refractivity contribution in [1.82, 2.24) is 0 Å². The Morgan fingerprint density at radius 2 is 2.00 bits per heavy atom. The van der Waals surface area contributed by atoms with Gasteiger partial charge in [0.05, 0.1) is 11.5 Å². The van der Waals surface area contributed by atoms with E-state index in [0.717, 1.165) is 37.1 Å². The van der Waals surface area contributed by atoms with Gasteiger partial charge in [-0.2, -0.15) is 5.26 Å². The van der Waals surface area contributed by atoms with Gasteiger partial charge >= 0.3 is 0 Å². The van der Waals surface area contributed by atoms with Gasteiger partial charge in [-0.25, -0.2) is 8.78 Å². The number of halogens is 2. The van der Waals surface area contributed by atoms with Crippen LogP contribution in [-0.4, -0.2) is 5.75 Å². The number of hydrogen-bond acceptors (Lipinski definition) is 2. The van der Waals surface area contributed by atoms with Crippen molar-refractivity contribution in [2.24, 2.45) is 5.41 Å². The summed E-state index contributed by atoms with van der Waals surface area (Å²) in [5.41, 5.74) is -0.297. The smallest absolute Gasteiger partial charge is 0.136 e. The Labute approximate surface area is 111 Å². The molecule has 0 spiro atoms. The minimum absolute atomic E-state index is 0.297. The Hall–Kier alpha value is -1.08. The molecule has 0 aliphatic heterocycles. The second kappa shape index (κ2) is 6.75. The molecule has 4 heteroatoms. The average molecular weight is 269 g/mol. The molecule has 0 atom stereocenters. The number of rotatable bonds is 6. The first-order valence-corrected chi connectivity index (χ1v) is 6.92. The van der Waals surface area contributed by atoms with Crippen LogP contribution in [0.4, 0.5) is 8.78 Å². The molecule has 18 heavy (non-hydrogen) atoms. The number of unbranched alkanes of at least 4 members (excludes halogenated alkanes) is 1. The van der Waals surface area contributed by atoms with Crippen LogP contribution in [0.25, 0.3) is 0 Å². The number of benzene rings is 1. The van der Waals surface area contributed by atoms with Crippen molar-refractivity contribution in [3.05, 3.63) is 29.8 Å². The highest BCUT2D eigenvalue weighted by atomic mass is 32.2. The van der Waals surface area contributed by atoms with E-state index in [9.17, 15) is 8.78 Å². The summed E-state index contributed by atoms with van der Waals surface area (Å²) >= 11 is 1.32. The standard InChI is InChI=1S/C14H17F2NS/c1-14(2,10-17)7-3-4-8-18-13-9-11(15)5-6-12(13)16/h5-6,9H,3-4,7-8H2,1-2H3. The van der Waals surface area contributed by atoms with Gasteiger partial charge in [0.15, 0.2) is 0 Å². The normalized spacial score (nSPS) is 11.3. The van der Waals surface area contributed by atoms with Gasteiger partial charge in [-0.3, -0.25) is 0 Å². The van der Waals surface area contributed by atoms with Crippen LogP contribution in [0.2, 0.25) is 0 Å². The van der Waals surface area contributed by atoms with Crippen LogP contribution < -0.4 is 0 Å². The van der Waals surface area contributed by atoms with Crippen molar-refractivity contribution in [2.75, 3.05) is 5.75 Å². The van der Waals surface area contributed by atoms with E-state index >= 15 is 0 Å². The number of hydrogen-bond donors (Lipinski definition) is 0. The first-order valence-electron chi connectivity index (χ1n) is 5.94. The summed E-state index contributed by atoms with van der Waals surface area (Å²) in [6.45, 7) is 3.82. The molecule has 0 aliphatic carbocycles. The van der Waals surface area contributed by atoms with Crippen molar-refractivity contribution >= 4 is 11.8 Å². The van der Waals surface area contributed by atoms with E-state index in [1.165, 1.54) is 17.8 Å². The Balaban J connectivity index is 2.30. The molecule has 1 nitrogen and oxygen atoms in total. The SMILES string of the molecule is CC(C)(C#N)CCCCSc1cc(F)ccc1F. The Kier molecular flexibility index (Phi) is 5.61. The molecule has 1 rings (SSSR count). The summed E-state index contributed by atoms with van der Waals surface area (Å²) in [4.78, 5) is 0.356. The summed E-state index contributed by atoms with van der Waals surface area (Å²) in [6, 6.07) is 5.74. The molecule has 0 bridgehead atoms. The molecule has 0 aromatic heterocycles. The highest BCUT2D eigenvalue weighted by molar-refractivity contribution is 7.99. The van der Waals surface area contributed by atoms with Crippen LogP contribution in [0.3, 0.4) is 0 Å². The Bertz CT molecular complexity index is 438. The van der Waals surface area contributed by atoms with E-state index in [4.69, 9.17) is 5.26 Å². The van der Waals surface area contributed by atoms with Crippen molar-refractivity contribution < 1.29 is 8.78 Å². The molecule has 0 aliphatic rings. The molecule has 1 aromatic carbocycles. The fourth-order valence-electron chi connectivity index (χ4n) is 1.49. The largest absolute Gasteiger partial charge is 0.207 e. The van der Waals surface area contributed by atoms with E-state index in [2.05, 4.69) is 6.07 Å². The molecule has 98 valence electrons. The summed E-state index contributed by atoms with van der Waals surface area (Å²) in [7, 11) is 0. The minimum atomic E-state index is -0.412. The zero-order valence-electron chi connectivity index (χ0n) is 10.7. The molecule has 0 N–H and O–H groups in total. The van der Waals surface area contributed by atoms with Crippen LogP contribution >= 0.6 is 11.8 Å². The van der Waals surface area contributed by atoms with E-state index in [1.54, 1.807) is 0 Å². The number of thioether (sulfide) groups is 1. The van der Waals surface area contributed by atoms with Crippen LogP contribution in [-0.2, 0) is 0 Å². The molecular formula is C14H17F2NS. The van der Waals surface area contributed by atoms with Gasteiger partial charge in [-0.15, -0.1) is 11.8 Å². The van der Waals surface area contributed by atoms with Gasteiger partial charge < -0.3 is 0 Å². The Morgan fingerprint density at radius 3 is 2.67 bits per heavy atom. The molecular weight excluding hydrogens is 252 g/mol. The molecule has 0 heterocycles. The van der Waals surface area contributed by atoms with Crippen LogP contribution in [0.15, 0.2) is 23.1 Å². The predicted molar refractivity (Wildman–Crippen MR) is 70.3 cm³/mol. The molecule has 0 saturated carbocycles. The zero-order chi connectivity index (χ0) is 13.6. The zero-order valence-corrected chi connectivity index (χ0v) is 11.5. The maximum Gasteiger partial charge on any atom is 0.136 e. The number of nitrogens with zero attached hydrogens (tertiary/aromatic N) is 1. The maximum absolute atomic E-state index is 13.3. The van der Waals surface area contributed by atoms with E-state index in [1.807, 2.05) is 13.8 Å². The summed E-state index contributed by atoms with van der Waals surface area (Å²) < 4.78 is 26.2. The maximum atomic E-state index is 13.3. The van der Waals surface area contributed by atoms with E-state index < -0.39 is 5.82 Å². The van der Waals surface area contributed by atoms with Gasteiger partial charge in [0.25, 0.3) is 0 Å². The third kappa shape index (κ3) is 5.05. The first kappa shape index (κ1) is 15.0. The van der Waals surface area contributed by atoms with Gasteiger partial charge in [0, 0.05) is 4.90 Å². The second-order valence-electron chi connectivity index (χ2n) is 4.88. The second-order valence-corrected chi connectivity index (χ2v) is 6.01. The molecule has 1 aromatic rings. The van der Waals surface area contributed by atoms with Gasteiger partial charge in [-0.1, -0.05) is 6.42 Å². The van der Waals surface area contributed by atoms with Crippen molar-refractivity contribution in [3.63, 3.8) is 0 Å². The van der Waals surface area contributed by atoms with Crippen molar-refractivity contribution in [3.8, 4) is 6.07 Å². The van der Waals surface area contributed by atoms with Crippen LogP contribution in [0.5, 0.6) is 0 Å². The van der Waals surface area contributed by atoms with Crippen molar-refractivity contribution in [2.45, 2.75) is 38.0 Å². The Morgan fingerprint density at radius 1 is 1.28 bits per heavy atom. The van der Waals surface area contributed by atoms with Gasteiger partial charge in [-0.05, 0) is 50.6 Å². The van der Waals surface area contributed by atoms with Crippen molar-refractivity contribution in [1.29, 1.82) is 5.26 Å². The fourth-order valence-corrected chi connectivity index (χ4v) is 2.47. The lowest BCUT2D eigenvalue weighted by molar-refractivity contribution is 0.433.